The highest BCUT2D eigenvalue weighted by Crippen LogP contribution is 2.40. The van der Waals surface area contributed by atoms with Crippen molar-refractivity contribution in [2.24, 2.45) is 0 Å². The number of aliphatic hydroxyl groups excluding tert-OH is 1. The molecule has 3 aromatic rings. The van der Waals surface area contributed by atoms with Crippen molar-refractivity contribution in [2.75, 3.05) is 13.7 Å². The number of amides is 1. The molecule has 1 saturated heterocycles. The van der Waals surface area contributed by atoms with Crippen molar-refractivity contribution >= 4 is 17.4 Å². The number of hydrogen-bond donors (Lipinski definition) is 1. The quantitative estimate of drug-likeness (QED) is 0.351. The van der Waals surface area contributed by atoms with E-state index in [1.807, 2.05) is 56.3 Å². The Kier molecular flexibility index (Phi) is 5.86. The highest BCUT2D eigenvalue weighted by molar-refractivity contribution is 6.46. The topological polar surface area (TPSA) is 80.0 Å². The third kappa shape index (κ3) is 3.91. The minimum atomic E-state index is -0.789. The number of ketones is 1. The highest BCUT2D eigenvalue weighted by Gasteiger charge is 2.47. The van der Waals surface area contributed by atoms with E-state index in [-0.39, 0.29) is 11.3 Å². The van der Waals surface area contributed by atoms with Crippen LogP contribution in [0, 0.1) is 13.8 Å². The Bertz CT molecular complexity index is 1180. The minimum Gasteiger partial charge on any atom is -0.507 e. The monoisotopic (exact) mass is 431 g/mol. The van der Waals surface area contributed by atoms with Crippen LogP contribution in [0.1, 0.15) is 34.1 Å². The zero-order valence-electron chi connectivity index (χ0n) is 18.3. The number of methoxy groups -OCH3 is 1. The molecule has 6 nitrogen and oxygen atoms in total. The molecule has 0 spiro atoms. The molecule has 4 rings (SSSR count). The normalized spacial score (nSPS) is 17.7. The first-order valence-corrected chi connectivity index (χ1v) is 10.4. The van der Waals surface area contributed by atoms with Gasteiger partial charge < -0.3 is 19.2 Å². The molecule has 1 amide bonds. The van der Waals surface area contributed by atoms with Gasteiger partial charge in [-0.05, 0) is 61.7 Å². The largest absolute Gasteiger partial charge is 0.507 e. The number of Topliss-reactive ketones (excluding diaryl/α,β-unsaturated/α-hetero) is 1. The van der Waals surface area contributed by atoms with E-state index in [0.717, 1.165) is 22.4 Å². The molecule has 164 valence electrons. The van der Waals surface area contributed by atoms with Crippen LogP contribution in [0.2, 0.25) is 0 Å². The molecule has 1 aromatic heterocycles. The van der Waals surface area contributed by atoms with Crippen molar-refractivity contribution in [1.82, 2.24) is 4.90 Å². The second kappa shape index (κ2) is 8.75. The van der Waals surface area contributed by atoms with Gasteiger partial charge in [0.2, 0.25) is 0 Å². The molecular formula is C26H25NO5. The van der Waals surface area contributed by atoms with Gasteiger partial charge in [-0.1, -0.05) is 29.8 Å². The maximum atomic E-state index is 13.1. The van der Waals surface area contributed by atoms with Crippen molar-refractivity contribution in [3.05, 3.63) is 94.4 Å². The predicted octanol–water partition coefficient (Wildman–Crippen LogP) is 4.57. The highest BCUT2D eigenvalue weighted by atomic mass is 16.5. The fraction of sp³-hybridized carbons (Fsp3) is 0.231. The molecule has 2 aromatic carbocycles. The van der Waals surface area contributed by atoms with Crippen LogP contribution in [-0.2, 0) is 16.0 Å². The summed E-state index contributed by atoms with van der Waals surface area (Å²) < 4.78 is 10.8. The van der Waals surface area contributed by atoms with E-state index in [0.29, 0.717) is 24.3 Å². The van der Waals surface area contributed by atoms with Crippen molar-refractivity contribution < 1.29 is 23.8 Å². The first-order valence-electron chi connectivity index (χ1n) is 10.4. The summed E-state index contributed by atoms with van der Waals surface area (Å²) in [6.07, 6.45) is 2.04. The SMILES string of the molecule is COc1ccc(CCN2C(=O)C(=O)/C(=C(\O)c3cc(C)ccc3C)C2c2ccco2)cc1. The van der Waals surface area contributed by atoms with Crippen LogP contribution in [0.5, 0.6) is 5.75 Å². The minimum absolute atomic E-state index is 0.0494. The zero-order chi connectivity index (χ0) is 22.8. The van der Waals surface area contributed by atoms with E-state index >= 15 is 0 Å². The number of rotatable bonds is 6. The van der Waals surface area contributed by atoms with Crippen LogP contribution in [0.3, 0.4) is 0 Å². The summed E-state index contributed by atoms with van der Waals surface area (Å²) >= 11 is 0. The first-order chi connectivity index (χ1) is 15.4. The second-order valence-corrected chi connectivity index (χ2v) is 7.92. The van der Waals surface area contributed by atoms with Crippen molar-refractivity contribution in [3.8, 4) is 5.75 Å². The zero-order valence-corrected chi connectivity index (χ0v) is 18.3. The lowest BCUT2D eigenvalue weighted by Crippen LogP contribution is -2.31. The van der Waals surface area contributed by atoms with Gasteiger partial charge >= 0.3 is 0 Å². The molecule has 2 heterocycles. The fourth-order valence-corrected chi connectivity index (χ4v) is 4.03. The number of likely N-dealkylation sites (tertiary alicyclic amines) is 1. The van der Waals surface area contributed by atoms with Gasteiger partial charge in [0.05, 0.1) is 18.9 Å². The summed E-state index contributed by atoms with van der Waals surface area (Å²) in [5.41, 5.74) is 3.35. The van der Waals surface area contributed by atoms with Crippen molar-refractivity contribution in [3.63, 3.8) is 0 Å². The van der Waals surface area contributed by atoms with E-state index in [1.54, 1.807) is 19.2 Å². The smallest absolute Gasteiger partial charge is 0.295 e. The number of ether oxygens (including phenoxy) is 1. The van der Waals surface area contributed by atoms with Gasteiger partial charge in [0.1, 0.15) is 23.3 Å². The number of carbonyl (C=O) groups is 2. The van der Waals surface area contributed by atoms with Crippen LogP contribution in [-0.4, -0.2) is 35.4 Å². The van der Waals surface area contributed by atoms with Crippen LogP contribution in [0.15, 0.2) is 70.9 Å². The number of aryl methyl sites for hydroxylation is 2. The number of benzene rings is 2. The molecule has 1 atom stereocenters. The predicted molar refractivity (Wildman–Crippen MR) is 120 cm³/mol. The number of furan rings is 1. The molecule has 0 aliphatic carbocycles. The lowest BCUT2D eigenvalue weighted by Gasteiger charge is -2.23. The van der Waals surface area contributed by atoms with Gasteiger partial charge in [0, 0.05) is 12.1 Å². The Labute approximate surface area is 186 Å². The lowest BCUT2D eigenvalue weighted by molar-refractivity contribution is -0.140. The number of aliphatic hydroxyl groups is 1. The van der Waals surface area contributed by atoms with Crippen molar-refractivity contribution in [1.29, 1.82) is 0 Å². The summed E-state index contributed by atoms with van der Waals surface area (Å²) in [4.78, 5) is 27.5. The summed E-state index contributed by atoms with van der Waals surface area (Å²) in [6.45, 7) is 4.07. The van der Waals surface area contributed by atoms with E-state index in [1.165, 1.54) is 11.2 Å². The second-order valence-electron chi connectivity index (χ2n) is 7.92. The number of hydrogen-bond acceptors (Lipinski definition) is 5. The summed E-state index contributed by atoms with van der Waals surface area (Å²) in [7, 11) is 1.60. The molecule has 1 fully saturated rings. The van der Waals surface area contributed by atoms with E-state index in [9.17, 15) is 14.7 Å². The average Bonchev–Trinajstić information content (AvgIpc) is 3.41. The van der Waals surface area contributed by atoms with Gasteiger partial charge in [-0.25, -0.2) is 0 Å². The Morgan fingerprint density at radius 1 is 1.09 bits per heavy atom. The van der Waals surface area contributed by atoms with Gasteiger partial charge in [-0.3, -0.25) is 9.59 Å². The first kappa shape index (κ1) is 21.4. The molecule has 6 heteroatoms. The summed E-state index contributed by atoms with van der Waals surface area (Å²) in [5.74, 6) is -0.353. The maximum Gasteiger partial charge on any atom is 0.295 e. The van der Waals surface area contributed by atoms with Gasteiger partial charge in [0.15, 0.2) is 0 Å². The van der Waals surface area contributed by atoms with Crippen molar-refractivity contribution in [2.45, 2.75) is 26.3 Å². The number of nitrogens with zero attached hydrogens (tertiary/aromatic N) is 1. The summed E-state index contributed by atoms with van der Waals surface area (Å²) in [6, 6.07) is 15.8. The van der Waals surface area contributed by atoms with Crippen LogP contribution in [0.4, 0.5) is 0 Å². The van der Waals surface area contributed by atoms with Crippen LogP contribution in [0.25, 0.3) is 5.76 Å². The Hall–Kier alpha value is -3.80. The Morgan fingerprint density at radius 3 is 2.50 bits per heavy atom. The third-order valence-electron chi connectivity index (χ3n) is 5.80. The van der Waals surface area contributed by atoms with Gasteiger partial charge in [0.25, 0.3) is 11.7 Å². The van der Waals surface area contributed by atoms with E-state index in [2.05, 4.69) is 0 Å². The lowest BCUT2D eigenvalue weighted by atomic mass is 9.96. The number of carbonyl (C=O) groups excluding carboxylic acids is 2. The van der Waals surface area contributed by atoms with Crippen LogP contribution < -0.4 is 4.74 Å². The Morgan fingerprint density at radius 2 is 1.84 bits per heavy atom. The fourth-order valence-electron chi connectivity index (χ4n) is 4.03. The maximum absolute atomic E-state index is 13.1. The van der Waals surface area contributed by atoms with Crippen LogP contribution >= 0.6 is 0 Å². The van der Waals surface area contributed by atoms with Gasteiger partial charge in [-0.15, -0.1) is 0 Å². The average molecular weight is 431 g/mol. The molecular weight excluding hydrogens is 406 g/mol. The molecule has 1 aliphatic heterocycles. The summed E-state index contributed by atoms with van der Waals surface area (Å²) in [5, 5.41) is 11.2. The van der Waals surface area contributed by atoms with E-state index < -0.39 is 17.7 Å². The molecule has 1 aliphatic rings. The van der Waals surface area contributed by atoms with Gasteiger partial charge in [-0.2, -0.15) is 0 Å². The molecule has 0 radical (unpaired) electrons. The molecule has 1 N–H and O–H groups in total. The molecule has 32 heavy (non-hydrogen) atoms. The molecule has 0 bridgehead atoms. The Balaban J connectivity index is 1.73. The molecule has 0 saturated carbocycles. The molecule has 1 unspecified atom stereocenters. The van der Waals surface area contributed by atoms with E-state index in [4.69, 9.17) is 9.15 Å². The standard InChI is InChI=1S/C26H25NO5/c1-16-6-7-17(2)20(15-16)24(28)22-23(21-5-4-14-32-21)27(26(30)25(22)29)13-12-18-8-10-19(31-3)11-9-18/h4-11,14-15,23,28H,12-13H2,1-3H3/b24-22-. The third-order valence-corrected chi connectivity index (χ3v) is 5.80.